The Morgan fingerprint density at radius 2 is 1.83 bits per heavy atom. The molecule has 98 valence electrons. The number of ketones is 1. The van der Waals surface area contributed by atoms with Crippen LogP contribution in [0.5, 0.6) is 5.75 Å². The van der Waals surface area contributed by atoms with Crippen molar-refractivity contribution < 1.29 is 19.1 Å². The summed E-state index contributed by atoms with van der Waals surface area (Å²) in [5, 5.41) is 0. The van der Waals surface area contributed by atoms with Gasteiger partial charge in [0.05, 0.1) is 13.7 Å². The van der Waals surface area contributed by atoms with Crippen LogP contribution < -0.4 is 4.74 Å². The normalized spacial score (nSPS) is 11.7. The highest BCUT2D eigenvalue weighted by Gasteiger charge is 2.19. The van der Waals surface area contributed by atoms with E-state index in [1.807, 2.05) is 12.1 Å². The molecule has 0 aliphatic carbocycles. The first kappa shape index (κ1) is 14.2. The van der Waals surface area contributed by atoms with Gasteiger partial charge in [0.15, 0.2) is 5.78 Å². The van der Waals surface area contributed by atoms with E-state index in [9.17, 15) is 9.59 Å². The minimum absolute atomic E-state index is 0.140. The lowest BCUT2D eigenvalue weighted by atomic mass is 9.95. The Bertz CT molecular complexity index is 408. The van der Waals surface area contributed by atoms with Crippen LogP contribution in [0.15, 0.2) is 24.3 Å². The van der Waals surface area contributed by atoms with Crippen molar-refractivity contribution in [2.75, 3.05) is 13.7 Å². The summed E-state index contributed by atoms with van der Waals surface area (Å²) in [6.07, 6.45) is -0.180. The van der Waals surface area contributed by atoms with Gasteiger partial charge in [-0.05, 0) is 24.6 Å². The molecular weight excluding hydrogens is 232 g/mol. The molecule has 0 saturated carbocycles. The molecular formula is C14H18O4. The Kier molecular flexibility index (Phi) is 5.36. The molecule has 1 aromatic carbocycles. The first-order valence-corrected chi connectivity index (χ1v) is 5.90. The van der Waals surface area contributed by atoms with E-state index in [1.165, 1.54) is 0 Å². The average molecular weight is 250 g/mol. The zero-order chi connectivity index (χ0) is 13.5. The quantitative estimate of drug-likeness (QED) is 0.574. The fraction of sp³-hybridized carbons (Fsp3) is 0.429. The number of esters is 1. The second kappa shape index (κ2) is 6.79. The Balaban J connectivity index is 2.64. The van der Waals surface area contributed by atoms with Gasteiger partial charge in [0.25, 0.3) is 0 Å². The third-order valence-corrected chi connectivity index (χ3v) is 2.72. The first-order chi connectivity index (χ1) is 8.58. The average Bonchev–Trinajstić information content (AvgIpc) is 2.38. The SMILES string of the molecule is CCOC(=O)CC(=O)C(C)c1ccc(OC)cc1. The van der Waals surface area contributed by atoms with E-state index in [1.54, 1.807) is 33.1 Å². The van der Waals surface area contributed by atoms with Crippen molar-refractivity contribution in [2.45, 2.75) is 26.2 Å². The van der Waals surface area contributed by atoms with Crippen molar-refractivity contribution in [1.29, 1.82) is 0 Å². The van der Waals surface area contributed by atoms with Crippen molar-refractivity contribution >= 4 is 11.8 Å². The van der Waals surface area contributed by atoms with E-state index in [-0.39, 0.29) is 18.1 Å². The predicted octanol–water partition coefficient (Wildman–Crippen LogP) is 2.32. The third-order valence-electron chi connectivity index (χ3n) is 2.72. The summed E-state index contributed by atoms with van der Waals surface area (Å²) in [4.78, 5) is 23.1. The van der Waals surface area contributed by atoms with Crippen LogP contribution in [-0.4, -0.2) is 25.5 Å². The molecule has 0 N–H and O–H groups in total. The summed E-state index contributed by atoms with van der Waals surface area (Å²) in [5.74, 6) is -0.189. The highest BCUT2D eigenvalue weighted by atomic mass is 16.5. The van der Waals surface area contributed by atoms with Crippen molar-refractivity contribution in [3.63, 3.8) is 0 Å². The van der Waals surface area contributed by atoms with Gasteiger partial charge in [0, 0.05) is 5.92 Å². The van der Waals surface area contributed by atoms with E-state index in [2.05, 4.69) is 0 Å². The maximum Gasteiger partial charge on any atom is 0.313 e. The van der Waals surface area contributed by atoms with E-state index in [0.29, 0.717) is 6.61 Å². The topological polar surface area (TPSA) is 52.6 Å². The fourth-order valence-corrected chi connectivity index (χ4v) is 1.59. The maximum absolute atomic E-state index is 11.9. The van der Waals surface area contributed by atoms with Gasteiger partial charge in [-0.2, -0.15) is 0 Å². The lowest BCUT2D eigenvalue weighted by molar-refractivity contribution is -0.145. The molecule has 0 fully saturated rings. The Hall–Kier alpha value is -1.84. The second-order valence-corrected chi connectivity index (χ2v) is 3.94. The van der Waals surface area contributed by atoms with Gasteiger partial charge in [0.2, 0.25) is 0 Å². The number of benzene rings is 1. The van der Waals surface area contributed by atoms with Crippen molar-refractivity contribution in [3.8, 4) is 5.75 Å². The van der Waals surface area contributed by atoms with Gasteiger partial charge in [-0.1, -0.05) is 19.1 Å². The lowest BCUT2D eigenvalue weighted by Crippen LogP contribution is -2.16. The summed E-state index contributed by atoms with van der Waals surface area (Å²) in [5.41, 5.74) is 0.866. The van der Waals surface area contributed by atoms with Crippen LogP contribution in [0.4, 0.5) is 0 Å². The van der Waals surface area contributed by atoms with Gasteiger partial charge in [-0.15, -0.1) is 0 Å². The molecule has 4 heteroatoms. The molecule has 18 heavy (non-hydrogen) atoms. The standard InChI is InChI=1S/C14H18O4/c1-4-18-14(16)9-13(15)10(2)11-5-7-12(17-3)8-6-11/h5-8,10H,4,9H2,1-3H3. The summed E-state index contributed by atoms with van der Waals surface area (Å²) >= 11 is 0. The Labute approximate surface area is 107 Å². The van der Waals surface area contributed by atoms with Gasteiger partial charge in [-0.25, -0.2) is 0 Å². The molecule has 0 aromatic heterocycles. The molecule has 1 unspecified atom stereocenters. The zero-order valence-electron chi connectivity index (χ0n) is 10.9. The highest BCUT2D eigenvalue weighted by Crippen LogP contribution is 2.21. The minimum atomic E-state index is -0.470. The summed E-state index contributed by atoms with van der Waals surface area (Å²) < 4.78 is 9.80. The molecule has 0 aliphatic heterocycles. The molecule has 0 bridgehead atoms. The number of carbonyl (C=O) groups is 2. The number of carbonyl (C=O) groups excluding carboxylic acids is 2. The van der Waals surface area contributed by atoms with Crippen LogP contribution in [0.2, 0.25) is 0 Å². The molecule has 1 aromatic rings. The smallest absolute Gasteiger partial charge is 0.313 e. The van der Waals surface area contributed by atoms with Crippen LogP contribution in [0.1, 0.15) is 31.7 Å². The third kappa shape index (κ3) is 3.87. The molecule has 1 atom stereocenters. The first-order valence-electron chi connectivity index (χ1n) is 5.90. The summed E-state index contributed by atoms with van der Waals surface area (Å²) in [6, 6.07) is 7.24. The van der Waals surface area contributed by atoms with Crippen molar-refractivity contribution in [2.24, 2.45) is 0 Å². The molecule has 1 rings (SSSR count). The number of rotatable bonds is 6. The van der Waals surface area contributed by atoms with Crippen molar-refractivity contribution in [3.05, 3.63) is 29.8 Å². The van der Waals surface area contributed by atoms with Crippen LogP contribution >= 0.6 is 0 Å². The Morgan fingerprint density at radius 1 is 1.22 bits per heavy atom. The number of hydrogen-bond acceptors (Lipinski definition) is 4. The van der Waals surface area contributed by atoms with Gasteiger partial charge >= 0.3 is 5.97 Å². The van der Waals surface area contributed by atoms with Crippen LogP contribution in [-0.2, 0) is 14.3 Å². The molecule has 0 heterocycles. The van der Waals surface area contributed by atoms with E-state index < -0.39 is 5.97 Å². The molecule has 0 saturated heterocycles. The maximum atomic E-state index is 11.9. The largest absolute Gasteiger partial charge is 0.497 e. The van der Waals surface area contributed by atoms with E-state index >= 15 is 0 Å². The van der Waals surface area contributed by atoms with Gasteiger partial charge in [-0.3, -0.25) is 9.59 Å². The second-order valence-electron chi connectivity index (χ2n) is 3.94. The lowest BCUT2D eigenvalue weighted by Gasteiger charge is -2.11. The predicted molar refractivity (Wildman–Crippen MR) is 67.7 cm³/mol. The zero-order valence-corrected chi connectivity index (χ0v) is 10.9. The van der Waals surface area contributed by atoms with Gasteiger partial charge in [0.1, 0.15) is 12.2 Å². The number of methoxy groups -OCH3 is 1. The van der Waals surface area contributed by atoms with Crippen LogP contribution in [0.3, 0.4) is 0 Å². The summed E-state index contributed by atoms with van der Waals surface area (Å²) in [7, 11) is 1.59. The van der Waals surface area contributed by atoms with Gasteiger partial charge < -0.3 is 9.47 Å². The van der Waals surface area contributed by atoms with E-state index in [0.717, 1.165) is 11.3 Å². The number of hydrogen-bond donors (Lipinski definition) is 0. The van der Waals surface area contributed by atoms with Crippen LogP contribution in [0.25, 0.3) is 0 Å². The molecule has 0 radical (unpaired) electrons. The Morgan fingerprint density at radius 3 is 2.33 bits per heavy atom. The fourth-order valence-electron chi connectivity index (χ4n) is 1.59. The molecule has 4 nitrogen and oxygen atoms in total. The van der Waals surface area contributed by atoms with E-state index in [4.69, 9.17) is 9.47 Å². The summed E-state index contributed by atoms with van der Waals surface area (Å²) in [6.45, 7) is 3.79. The molecule has 0 aliphatic rings. The molecule has 0 spiro atoms. The van der Waals surface area contributed by atoms with Crippen molar-refractivity contribution in [1.82, 2.24) is 0 Å². The number of Topliss-reactive ketones (excluding diaryl/α,β-unsaturated/α-hetero) is 1. The number of ether oxygens (including phenoxy) is 2. The monoisotopic (exact) mass is 250 g/mol. The minimum Gasteiger partial charge on any atom is -0.497 e. The van der Waals surface area contributed by atoms with Crippen LogP contribution in [0, 0.1) is 0 Å². The highest BCUT2D eigenvalue weighted by molar-refractivity contribution is 5.98. The molecule has 0 amide bonds.